The molecule has 0 radical (unpaired) electrons. The fourth-order valence-corrected chi connectivity index (χ4v) is 0.831. The SMILES string of the molecule is OCC1=CC=C(C(F)(F)F)NC1. The molecule has 0 aromatic rings. The molecule has 0 aromatic carbocycles. The van der Waals surface area contributed by atoms with Crippen LogP contribution in [-0.2, 0) is 0 Å². The van der Waals surface area contributed by atoms with Crippen LogP contribution in [0.15, 0.2) is 23.4 Å². The van der Waals surface area contributed by atoms with Crippen molar-refractivity contribution in [3.63, 3.8) is 0 Å². The number of nitrogens with one attached hydrogen (secondary N) is 1. The molecule has 0 aliphatic carbocycles. The summed E-state index contributed by atoms with van der Waals surface area (Å²) < 4.78 is 35.8. The van der Waals surface area contributed by atoms with E-state index in [1.54, 1.807) is 0 Å². The Morgan fingerprint density at radius 3 is 2.42 bits per heavy atom. The molecule has 1 aliphatic rings. The highest BCUT2D eigenvalue weighted by molar-refractivity contribution is 5.26. The van der Waals surface area contributed by atoms with Gasteiger partial charge in [0.05, 0.1) is 6.61 Å². The zero-order valence-corrected chi connectivity index (χ0v) is 6.15. The Balaban J connectivity index is 2.73. The Morgan fingerprint density at radius 2 is 2.08 bits per heavy atom. The molecule has 0 unspecified atom stereocenters. The van der Waals surface area contributed by atoms with E-state index < -0.39 is 11.9 Å². The van der Waals surface area contributed by atoms with E-state index in [0.29, 0.717) is 5.57 Å². The minimum Gasteiger partial charge on any atom is -0.392 e. The van der Waals surface area contributed by atoms with Crippen molar-refractivity contribution in [2.24, 2.45) is 0 Å². The third kappa shape index (κ3) is 2.01. The van der Waals surface area contributed by atoms with Gasteiger partial charge in [0.1, 0.15) is 5.70 Å². The molecule has 2 N–H and O–H groups in total. The highest BCUT2D eigenvalue weighted by Gasteiger charge is 2.34. The van der Waals surface area contributed by atoms with Crippen molar-refractivity contribution in [3.05, 3.63) is 23.4 Å². The lowest BCUT2D eigenvalue weighted by molar-refractivity contribution is -0.0967. The molecule has 0 amide bonds. The van der Waals surface area contributed by atoms with Crippen molar-refractivity contribution in [3.8, 4) is 0 Å². The Hall–Kier alpha value is -0.970. The van der Waals surface area contributed by atoms with Crippen molar-refractivity contribution in [1.29, 1.82) is 0 Å². The van der Waals surface area contributed by atoms with Gasteiger partial charge >= 0.3 is 6.18 Å². The van der Waals surface area contributed by atoms with Gasteiger partial charge in [0, 0.05) is 6.54 Å². The smallest absolute Gasteiger partial charge is 0.392 e. The molecule has 0 bridgehead atoms. The first-order valence-corrected chi connectivity index (χ1v) is 3.35. The summed E-state index contributed by atoms with van der Waals surface area (Å²) in [7, 11) is 0. The Labute approximate surface area is 67.4 Å². The van der Waals surface area contributed by atoms with Gasteiger partial charge in [0.15, 0.2) is 0 Å². The fourth-order valence-electron chi connectivity index (χ4n) is 0.831. The molecular weight excluding hydrogens is 171 g/mol. The molecule has 0 fully saturated rings. The van der Waals surface area contributed by atoms with Crippen LogP contribution in [0.25, 0.3) is 0 Å². The maximum atomic E-state index is 11.9. The summed E-state index contributed by atoms with van der Waals surface area (Å²) in [6, 6.07) is 0. The maximum absolute atomic E-state index is 11.9. The van der Waals surface area contributed by atoms with Crippen LogP contribution in [0.5, 0.6) is 0 Å². The van der Waals surface area contributed by atoms with E-state index in [1.807, 2.05) is 0 Å². The summed E-state index contributed by atoms with van der Waals surface area (Å²) in [5, 5.41) is 10.7. The lowest BCUT2D eigenvalue weighted by atomic mass is 10.2. The van der Waals surface area contributed by atoms with Crippen molar-refractivity contribution in [2.75, 3.05) is 13.2 Å². The van der Waals surface area contributed by atoms with E-state index in [4.69, 9.17) is 5.11 Å². The molecule has 0 spiro atoms. The standard InChI is InChI=1S/C7H8F3NO/c8-7(9,10)6-2-1-5(4-12)3-11-6/h1-2,11-12H,3-4H2. The molecule has 5 heteroatoms. The quantitative estimate of drug-likeness (QED) is 0.628. The molecule has 0 aromatic heterocycles. The molecule has 0 saturated carbocycles. The number of aliphatic hydroxyl groups is 1. The third-order valence-corrected chi connectivity index (χ3v) is 1.50. The lowest BCUT2D eigenvalue weighted by Gasteiger charge is -2.17. The molecule has 68 valence electrons. The molecule has 1 aliphatic heterocycles. The molecule has 0 saturated heterocycles. The van der Waals surface area contributed by atoms with Gasteiger partial charge < -0.3 is 10.4 Å². The van der Waals surface area contributed by atoms with Crippen molar-refractivity contribution in [1.82, 2.24) is 5.32 Å². The number of alkyl halides is 3. The topological polar surface area (TPSA) is 32.3 Å². The second-order valence-electron chi connectivity index (χ2n) is 2.41. The van der Waals surface area contributed by atoms with Crippen molar-refractivity contribution < 1.29 is 18.3 Å². The average molecular weight is 179 g/mol. The van der Waals surface area contributed by atoms with Gasteiger partial charge in [0.2, 0.25) is 0 Å². The predicted molar refractivity (Wildman–Crippen MR) is 37.3 cm³/mol. The van der Waals surface area contributed by atoms with Crippen molar-refractivity contribution in [2.45, 2.75) is 6.18 Å². The van der Waals surface area contributed by atoms with Gasteiger partial charge in [-0.1, -0.05) is 6.08 Å². The number of aliphatic hydroxyl groups excluding tert-OH is 1. The van der Waals surface area contributed by atoms with Crippen LogP contribution in [0, 0.1) is 0 Å². The molecular formula is C7H8F3NO. The van der Waals surface area contributed by atoms with Gasteiger partial charge in [0.25, 0.3) is 0 Å². The summed E-state index contributed by atoms with van der Waals surface area (Å²) in [5.74, 6) is 0. The zero-order chi connectivity index (χ0) is 9.19. The van der Waals surface area contributed by atoms with Crippen LogP contribution >= 0.6 is 0 Å². The van der Waals surface area contributed by atoms with Gasteiger partial charge in [-0.2, -0.15) is 13.2 Å². The van der Waals surface area contributed by atoms with Gasteiger partial charge in [-0.3, -0.25) is 0 Å². The third-order valence-electron chi connectivity index (χ3n) is 1.50. The zero-order valence-electron chi connectivity index (χ0n) is 6.15. The monoisotopic (exact) mass is 179 g/mol. The summed E-state index contributed by atoms with van der Waals surface area (Å²) in [6.45, 7) is -0.156. The first kappa shape index (κ1) is 9.12. The lowest BCUT2D eigenvalue weighted by Crippen LogP contribution is -2.30. The maximum Gasteiger partial charge on any atom is 0.430 e. The first-order chi connectivity index (χ1) is 5.54. The summed E-state index contributed by atoms with van der Waals surface area (Å²) in [5.41, 5.74) is -0.220. The number of allylic oxidation sites excluding steroid dienone is 3. The highest BCUT2D eigenvalue weighted by Crippen LogP contribution is 2.24. The summed E-state index contributed by atoms with van der Waals surface area (Å²) in [6.07, 6.45) is -2.12. The van der Waals surface area contributed by atoms with E-state index in [2.05, 4.69) is 5.32 Å². The predicted octanol–water partition coefficient (Wildman–Crippen LogP) is 0.955. The van der Waals surface area contributed by atoms with Gasteiger partial charge in [-0.05, 0) is 11.6 Å². The number of hydrogen-bond acceptors (Lipinski definition) is 2. The normalized spacial score (nSPS) is 18.0. The van der Waals surface area contributed by atoms with E-state index in [1.165, 1.54) is 6.08 Å². The molecule has 1 heterocycles. The summed E-state index contributed by atoms with van der Waals surface area (Å²) in [4.78, 5) is 0. The van der Waals surface area contributed by atoms with Crippen LogP contribution in [0.4, 0.5) is 13.2 Å². The van der Waals surface area contributed by atoms with Crippen LogP contribution in [0.1, 0.15) is 0 Å². The summed E-state index contributed by atoms with van der Waals surface area (Å²) >= 11 is 0. The van der Waals surface area contributed by atoms with Crippen LogP contribution in [0.2, 0.25) is 0 Å². The van der Waals surface area contributed by atoms with E-state index in [9.17, 15) is 13.2 Å². The largest absolute Gasteiger partial charge is 0.430 e. The number of halogens is 3. The number of rotatable bonds is 1. The van der Waals surface area contributed by atoms with Gasteiger partial charge in [-0.25, -0.2) is 0 Å². The molecule has 1 rings (SSSR count). The van der Waals surface area contributed by atoms with Crippen molar-refractivity contribution >= 4 is 0 Å². The second kappa shape index (κ2) is 3.18. The first-order valence-electron chi connectivity index (χ1n) is 3.35. The molecule has 2 nitrogen and oxygen atoms in total. The fraction of sp³-hybridized carbons (Fsp3) is 0.429. The number of dihydropyridines is 1. The van der Waals surface area contributed by atoms with Crippen LogP contribution in [-0.4, -0.2) is 24.4 Å². The van der Waals surface area contributed by atoms with E-state index in [0.717, 1.165) is 6.08 Å². The number of hydrogen-bond donors (Lipinski definition) is 2. The average Bonchev–Trinajstić information content (AvgIpc) is 2.03. The Morgan fingerprint density at radius 1 is 1.42 bits per heavy atom. The van der Waals surface area contributed by atoms with Gasteiger partial charge in [-0.15, -0.1) is 0 Å². The van der Waals surface area contributed by atoms with Crippen LogP contribution < -0.4 is 5.32 Å². The van der Waals surface area contributed by atoms with E-state index >= 15 is 0 Å². The minimum atomic E-state index is -4.32. The minimum absolute atomic E-state index is 0.0574. The Bertz CT molecular complexity index is 229. The second-order valence-corrected chi connectivity index (χ2v) is 2.41. The van der Waals surface area contributed by atoms with E-state index in [-0.39, 0.29) is 13.2 Å². The highest BCUT2D eigenvalue weighted by atomic mass is 19.4. The Kier molecular flexibility index (Phi) is 2.42. The molecule has 0 atom stereocenters. The van der Waals surface area contributed by atoms with Crippen LogP contribution in [0.3, 0.4) is 0 Å². The molecule has 12 heavy (non-hydrogen) atoms.